The molecule has 4 heterocycles. The summed E-state index contributed by atoms with van der Waals surface area (Å²) in [5, 5.41) is 7.60. The molecule has 0 saturated carbocycles. The number of rotatable bonds is 5. The first kappa shape index (κ1) is 16.7. The molecule has 6 heteroatoms. The molecule has 4 rings (SSSR count). The van der Waals surface area contributed by atoms with E-state index in [1.165, 1.54) is 12.0 Å². The molecule has 26 heavy (non-hydrogen) atoms. The molecular formula is C20H24N6. The highest BCUT2D eigenvalue weighted by atomic mass is 15.3. The average molecular weight is 348 g/mol. The van der Waals surface area contributed by atoms with Crippen LogP contribution in [0.4, 0.5) is 11.6 Å². The maximum absolute atomic E-state index is 4.86. The summed E-state index contributed by atoms with van der Waals surface area (Å²) < 4.78 is 1.86. The van der Waals surface area contributed by atoms with Gasteiger partial charge < -0.3 is 5.32 Å². The van der Waals surface area contributed by atoms with Gasteiger partial charge in [-0.05, 0) is 50.6 Å². The van der Waals surface area contributed by atoms with Crippen LogP contribution in [0.1, 0.15) is 35.8 Å². The van der Waals surface area contributed by atoms with Crippen LogP contribution in [0, 0.1) is 6.92 Å². The highest BCUT2D eigenvalue weighted by molar-refractivity contribution is 5.51. The van der Waals surface area contributed by atoms with Gasteiger partial charge in [-0.25, -0.2) is 9.97 Å². The lowest BCUT2D eigenvalue weighted by Crippen LogP contribution is -2.23. The number of hydrogen-bond donors (Lipinski definition) is 1. The molecule has 1 atom stereocenters. The number of likely N-dealkylation sites (tertiary alicyclic amines) is 1. The van der Waals surface area contributed by atoms with Crippen molar-refractivity contribution in [1.29, 1.82) is 0 Å². The van der Waals surface area contributed by atoms with Gasteiger partial charge in [0.2, 0.25) is 0 Å². The van der Waals surface area contributed by atoms with Gasteiger partial charge in [-0.1, -0.05) is 12.1 Å². The number of pyridine rings is 2. The van der Waals surface area contributed by atoms with Gasteiger partial charge in [0, 0.05) is 31.0 Å². The van der Waals surface area contributed by atoms with Crippen LogP contribution in [0.15, 0.2) is 48.8 Å². The summed E-state index contributed by atoms with van der Waals surface area (Å²) in [4.78, 5) is 11.9. The molecule has 3 aromatic rings. The molecule has 3 aromatic heterocycles. The van der Waals surface area contributed by atoms with Gasteiger partial charge in [0.15, 0.2) is 0 Å². The van der Waals surface area contributed by atoms with E-state index in [-0.39, 0.29) is 0 Å². The quantitative estimate of drug-likeness (QED) is 0.763. The predicted octanol–water partition coefficient (Wildman–Crippen LogP) is 3.60. The molecule has 6 nitrogen and oxygen atoms in total. The first-order valence-corrected chi connectivity index (χ1v) is 9.06. The number of nitrogens with one attached hydrogen (secondary N) is 1. The minimum absolute atomic E-state index is 0.349. The Hall–Kier alpha value is -2.73. The fourth-order valence-corrected chi connectivity index (χ4v) is 3.59. The Labute approximate surface area is 153 Å². The SMILES string of the molecule is Cc1cccc(Nc2cccc([C@@H]3CCCN3Cc3cnn(C)c3)n2)n1. The summed E-state index contributed by atoms with van der Waals surface area (Å²) >= 11 is 0. The summed E-state index contributed by atoms with van der Waals surface area (Å²) in [6.45, 7) is 4.00. The number of aryl methyl sites for hydroxylation is 2. The van der Waals surface area contributed by atoms with Gasteiger partial charge >= 0.3 is 0 Å². The average Bonchev–Trinajstić information content (AvgIpc) is 3.24. The minimum Gasteiger partial charge on any atom is -0.325 e. The van der Waals surface area contributed by atoms with Crippen molar-refractivity contribution in [2.45, 2.75) is 32.4 Å². The third kappa shape index (κ3) is 3.75. The molecule has 134 valence electrons. The van der Waals surface area contributed by atoms with Crippen molar-refractivity contribution >= 4 is 11.6 Å². The normalized spacial score (nSPS) is 17.5. The molecule has 0 unspecified atom stereocenters. The van der Waals surface area contributed by atoms with Crippen LogP contribution < -0.4 is 5.32 Å². The third-order valence-electron chi connectivity index (χ3n) is 4.76. The molecular weight excluding hydrogens is 324 g/mol. The van der Waals surface area contributed by atoms with E-state index in [9.17, 15) is 0 Å². The maximum atomic E-state index is 4.86. The van der Waals surface area contributed by atoms with Crippen LogP contribution in [-0.4, -0.2) is 31.2 Å². The van der Waals surface area contributed by atoms with Crippen LogP contribution in [-0.2, 0) is 13.6 Å². The van der Waals surface area contributed by atoms with Gasteiger partial charge in [-0.3, -0.25) is 9.58 Å². The Morgan fingerprint density at radius 1 is 1.12 bits per heavy atom. The lowest BCUT2D eigenvalue weighted by Gasteiger charge is -2.23. The summed E-state index contributed by atoms with van der Waals surface area (Å²) in [7, 11) is 1.96. The Balaban J connectivity index is 1.51. The van der Waals surface area contributed by atoms with Gasteiger partial charge in [0.1, 0.15) is 11.6 Å². The second-order valence-corrected chi connectivity index (χ2v) is 6.89. The van der Waals surface area contributed by atoms with Gasteiger partial charge in [0.25, 0.3) is 0 Å². The molecule has 0 aliphatic carbocycles. The van der Waals surface area contributed by atoms with Crippen LogP contribution in [0.25, 0.3) is 0 Å². The highest BCUT2D eigenvalue weighted by Crippen LogP contribution is 2.32. The van der Waals surface area contributed by atoms with Gasteiger partial charge in [-0.2, -0.15) is 5.10 Å². The minimum atomic E-state index is 0.349. The zero-order chi connectivity index (χ0) is 17.9. The van der Waals surface area contributed by atoms with Gasteiger partial charge in [-0.15, -0.1) is 0 Å². The first-order chi connectivity index (χ1) is 12.7. The standard InChI is InChI=1S/C20H24N6/c1-15-6-3-9-19(22-15)24-20-10-4-7-17(23-20)18-8-5-11-26(18)14-16-12-21-25(2)13-16/h3-4,6-7,9-10,12-13,18H,5,8,11,14H2,1-2H3,(H,22,23,24)/t18-/m0/s1. The van der Waals surface area contributed by atoms with Crippen molar-refractivity contribution in [3.05, 3.63) is 65.7 Å². The summed E-state index contributed by atoms with van der Waals surface area (Å²) in [5.74, 6) is 1.67. The number of nitrogens with zero attached hydrogens (tertiary/aromatic N) is 5. The van der Waals surface area contributed by atoms with E-state index in [1.807, 2.05) is 49.1 Å². The van der Waals surface area contributed by atoms with Crippen molar-refractivity contribution < 1.29 is 0 Å². The first-order valence-electron chi connectivity index (χ1n) is 9.06. The smallest absolute Gasteiger partial charge is 0.131 e. The lowest BCUT2D eigenvalue weighted by molar-refractivity contribution is 0.244. The predicted molar refractivity (Wildman–Crippen MR) is 102 cm³/mol. The van der Waals surface area contributed by atoms with Crippen LogP contribution >= 0.6 is 0 Å². The Kier molecular flexibility index (Phi) is 4.67. The number of anilines is 2. The number of hydrogen-bond acceptors (Lipinski definition) is 5. The fraction of sp³-hybridized carbons (Fsp3) is 0.350. The van der Waals surface area contributed by atoms with Crippen molar-refractivity contribution in [2.75, 3.05) is 11.9 Å². The van der Waals surface area contributed by atoms with E-state index >= 15 is 0 Å². The van der Waals surface area contributed by atoms with E-state index in [0.29, 0.717) is 6.04 Å². The summed E-state index contributed by atoms with van der Waals surface area (Å²) in [5.41, 5.74) is 3.35. The molecule has 0 aromatic carbocycles. The molecule has 1 fully saturated rings. The highest BCUT2D eigenvalue weighted by Gasteiger charge is 2.27. The second kappa shape index (κ2) is 7.25. The maximum Gasteiger partial charge on any atom is 0.131 e. The topological polar surface area (TPSA) is 58.9 Å². The van der Waals surface area contributed by atoms with E-state index in [0.717, 1.165) is 42.5 Å². The molecule has 0 spiro atoms. The van der Waals surface area contributed by atoms with Gasteiger partial charge in [0.05, 0.1) is 17.9 Å². The third-order valence-corrected chi connectivity index (χ3v) is 4.76. The molecule has 1 N–H and O–H groups in total. The van der Waals surface area contributed by atoms with Crippen LogP contribution in [0.5, 0.6) is 0 Å². The largest absolute Gasteiger partial charge is 0.325 e. The van der Waals surface area contributed by atoms with E-state index in [1.54, 1.807) is 0 Å². The Bertz CT molecular complexity index is 887. The Morgan fingerprint density at radius 2 is 1.92 bits per heavy atom. The molecule has 0 bridgehead atoms. The zero-order valence-corrected chi connectivity index (χ0v) is 15.3. The molecule has 1 saturated heterocycles. The van der Waals surface area contributed by atoms with Crippen molar-refractivity contribution in [3.8, 4) is 0 Å². The van der Waals surface area contributed by atoms with Crippen molar-refractivity contribution in [1.82, 2.24) is 24.6 Å². The fourth-order valence-electron chi connectivity index (χ4n) is 3.59. The van der Waals surface area contributed by atoms with E-state index in [2.05, 4.69) is 38.6 Å². The lowest BCUT2D eigenvalue weighted by atomic mass is 10.1. The summed E-state index contributed by atoms with van der Waals surface area (Å²) in [6.07, 6.45) is 6.37. The van der Waals surface area contributed by atoms with E-state index in [4.69, 9.17) is 4.98 Å². The monoisotopic (exact) mass is 348 g/mol. The van der Waals surface area contributed by atoms with E-state index < -0.39 is 0 Å². The molecule has 1 aliphatic heterocycles. The van der Waals surface area contributed by atoms with Crippen LogP contribution in [0.3, 0.4) is 0 Å². The van der Waals surface area contributed by atoms with Crippen molar-refractivity contribution in [3.63, 3.8) is 0 Å². The Morgan fingerprint density at radius 3 is 2.69 bits per heavy atom. The number of aromatic nitrogens is 4. The molecule has 0 amide bonds. The molecule has 1 aliphatic rings. The second-order valence-electron chi connectivity index (χ2n) is 6.89. The van der Waals surface area contributed by atoms with Crippen LogP contribution in [0.2, 0.25) is 0 Å². The summed E-state index contributed by atoms with van der Waals surface area (Å²) in [6, 6.07) is 12.5. The zero-order valence-electron chi connectivity index (χ0n) is 15.3. The molecule has 0 radical (unpaired) electrons. The van der Waals surface area contributed by atoms with Crippen molar-refractivity contribution in [2.24, 2.45) is 7.05 Å².